The highest BCUT2D eigenvalue weighted by Crippen LogP contribution is 2.26. The molecule has 0 unspecified atom stereocenters. The largest absolute Gasteiger partial charge is 0.508 e. The van der Waals surface area contributed by atoms with E-state index in [1.54, 1.807) is 0 Å². The summed E-state index contributed by atoms with van der Waals surface area (Å²) < 4.78 is 13.2. The van der Waals surface area contributed by atoms with Crippen LogP contribution in [0.4, 0.5) is 4.39 Å². The Labute approximate surface area is 83.7 Å². The summed E-state index contributed by atoms with van der Waals surface area (Å²) in [6.07, 6.45) is 0.640. The molecule has 1 N–H and O–H groups in total. The molecule has 0 aromatic heterocycles. The summed E-state index contributed by atoms with van der Waals surface area (Å²) in [4.78, 5) is 0. The van der Waals surface area contributed by atoms with Gasteiger partial charge in [0.25, 0.3) is 0 Å². The lowest BCUT2D eigenvalue weighted by atomic mass is 10.1. The molecule has 2 nitrogen and oxygen atoms in total. The molecule has 0 aliphatic heterocycles. The number of benzene rings is 1. The van der Waals surface area contributed by atoms with Gasteiger partial charge in [0.1, 0.15) is 11.6 Å². The summed E-state index contributed by atoms with van der Waals surface area (Å²) in [6.45, 7) is 0. The average Bonchev–Trinajstić information content (AvgIpc) is 2.09. The van der Waals surface area contributed by atoms with Gasteiger partial charge in [-0.3, -0.25) is 0 Å². The standard InChI is InChI=1S/C9H7BrFNO/c10-7-5-9(13)6(2-1-3-12)4-8(7)11/h4-5,13H,1-2H2. The molecule has 13 heavy (non-hydrogen) atoms. The lowest BCUT2D eigenvalue weighted by Gasteiger charge is -2.03. The van der Waals surface area contributed by atoms with Crippen molar-refractivity contribution in [1.29, 1.82) is 5.26 Å². The van der Waals surface area contributed by atoms with Crippen LogP contribution in [0.1, 0.15) is 12.0 Å². The quantitative estimate of drug-likeness (QED) is 0.869. The Morgan fingerprint density at radius 2 is 2.23 bits per heavy atom. The minimum absolute atomic E-state index is 0.0172. The van der Waals surface area contributed by atoms with Crippen LogP contribution in [0, 0.1) is 17.1 Å². The van der Waals surface area contributed by atoms with Crippen LogP contribution in [0.2, 0.25) is 0 Å². The van der Waals surface area contributed by atoms with Crippen LogP contribution in [0.25, 0.3) is 0 Å². The van der Waals surface area contributed by atoms with E-state index >= 15 is 0 Å². The number of hydrogen-bond acceptors (Lipinski definition) is 2. The number of nitrogens with zero attached hydrogens (tertiary/aromatic N) is 1. The van der Waals surface area contributed by atoms with E-state index in [0.29, 0.717) is 12.0 Å². The van der Waals surface area contributed by atoms with Crippen LogP contribution in [0.5, 0.6) is 5.75 Å². The van der Waals surface area contributed by atoms with Gasteiger partial charge in [-0.15, -0.1) is 0 Å². The zero-order valence-electron chi connectivity index (χ0n) is 6.72. The van der Waals surface area contributed by atoms with E-state index in [-0.39, 0.29) is 16.6 Å². The first-order valence-electron chi connectivity index (χ1n) is 3.69. The van der Waals surface area contributed by atoms with Gasteiger partial charge in [0.2, 0.25) is 0 Å². The molecule has 1 aromatic carbocycles. The number of phenolic OH excluding ortho intramolecular Hbond substituents is 1. The van der Waals surface area contributed by atoms with Gasteiger partial charge in [-0.05, 0) is 40.0 Å². The molecule has 0 heterocycles. The van der Waals surface area contributed by atoms with Crippen LogP contribution in [0.15, 0.2) is 16.6 Å². The second-order valence-electron chi connectivity index (χ2n) is 2.55. The smallest absolute Gasteiger partial charge is 0.137 e. The molecular formula is C9H7BrFNO. The maximum Gasteiger partial charge on any atom is 0.137 e. The number of halogens is 2. The second kappa shape index (κ2) is 4.24. The fourth-order valence-electron chi connectivity index (χ4n) is 0.968. The lowest BCUT2D eigenvalue weighted by Crippen LogP contribution is -1.88. The third-order valence-corrected chi connectivity index (χ3v) is 2.24. The summed E-state index contributed by atoms with van der Waals surface area (Å²) in [5.74, 6) is -0.408. The first-order valence-corrected chi connectivity index (χ1v) is 4.48. The summed E-state index contributed by atoms with van der Waals surface area (Å²) >= 11 is 2.95. The van der Waals surface area contributed by atoms with Gasteiger partial charge in [-0.2, -0.15) is 5.26 Å². The fraction of sp³-hybridized carbons (Fsp3) is 0.222. The van der Waals surface area contributed by atoms with Crippen molar-refractivity contribution in [3.8, 4) is 11.8 Å². The Morgan fingerprint density at radius 1 is 1.54 bits per heavy atom. The molecule has 4 heteroatoms. The van der Waals surface area contributed by atoms with Crippen molar-refractivity contribution < 1.29 is 9.50 Å². The average molecular weight is 244 g/mol. The minimum atomic E-state index is -0.425. The van der Waals surface area contributed by atoms with E-state index < -0.39 is 5.82 Å². The van der Waals surface area contributed by atoms with Crippen molar-refractivity contribution in [2.24, 2.45) is 0 Å². The third kappa shape index (κ3) is 2.43. The predicted molar refractivity (Wildman–Crippen MR) is 49.7 cm³/mol. The van der Waals surface area contributed by atoms with E-state index in [1.807, 2.05) is 6.07 Å². The van der Waals surface area contributed by atoms with E-state index in [2.05, 4.69) is 15.9 Å². The molecule has 1 rings (SSSR count). The van der Waals surface area contributed by atoms with Gasteiger partial charge in [-0.25, -0.2) is 4.39 Å². The summed E-state index contributed by atoms with van der Waals surface area (Å²) in [6, 6.07) is 4.46. The highest BCUT2D eigenvalue weighted by molar-refractivity contribution is 9.10. The van der Waals surface area contributed by atoms with Crippen molar-refractivity contribution in [3.05, 3.63) is 28.0 Å². The van der Waals surface area contributed by atoms with Crippen LogP contribution >= 0.6 is 15.9 Å². The zero-order chi connectivity index (χ0) is 9.84. The Hall–Kier alpha value is -1.08. The molecule has 0 spiro atoms. The number of aromatic hydroxyl groups is 1. The summed E-state index contributed by atoms with van der Waals surface area (Å²) in [5, 5.41) is 17.6. The number of nitriles is 1. The predicted octanol–water partition coefficient (Wildman–Crippen LogP) is 2.75. The van der Waals surface area contributed by atoms with Crippen molar-refractivity contribution in [2.45, 2.75) is 12.8 Å². The maximum absolute atomic E-state index is 12.9. The summed E-state index contributed by atoms with van der Waals surface area (Å²) in [7, 11) is 0. The molecule has 0 atom stereocenters. The number of hydrogen-bond donors (Lipinski definition) is 1. The molecule has 0 saturated carbocycles. The molecule has 0 radical (unpaired) electrons. The third-order valence-electron chi connectivity index (χ3n) is 1.63. The van der Waals surface area contributed by atoms with E-state index in [1.165, 1.54) is 12.1 Å². The van der Waals surface area contributed by atoms with Gasteiger partial charge in [0, 0.05) is 6.42 Å². The number of phenols is 1. The summed E-state index contributed by atoms with van der Waals surface area (Å²) in [5.41, 5.74) is 0.460. The maximum atomic E-state index is 12.9. The minimum Gasteiger partial charge on any atom is -0.508 e. The molecule has 1 aromatic rings. The van der Waals surface area contributed by atoms with Crippen LogP contribution in [-0.4, -0.2) is 5.11 Å². The van der Waals surface area contributed by atoms with Gasteiger partial charge in [0.15, 0.2) is 0 Å². The van der Waals surface area contributed by atoms with Gasteiger partial charge in [0.05, 0.1) is 10.5 Å². The second-order valence-corrected chi connectivity index (χ2v) is 3.41. The molecule has 0 aliphatic rings. The normalized spacial score (nSPS) is 9.62. The van der Waals surface area contributed by atoms with Gasteiger partial charge >= 0.3 is 0 Å². The van der Waals surface area contributed by atoms with E-state index in [0.717, 1.165) is 0 Å². The van der Waals surface area contributed by atoms with Crippen molar-refractivity contribution >= 4 is 15.9 Å². The molecule has 0 bridgehead atoms. The lowest BCUT2D eigenvalue weighted by molar-refractivity contribution is 0.464. The molecule has 68 valence electrons. The molecule has 0 fully saturated rings. The molecular weight excluding hydrogens is 237 g/mol. The molecule has 0 saturated heterocycles. The highest BCUT2D eigenvalue weighted by Gasteiger charge is 2.06. The monoisotopic (exact) mass is 243 g/mol. The Morgan fingerprint density at radius 3 is 2.85 bits per heavy atom. The zero-order valence-corrected chi connectivity index (χ0v) is 8.31. The molecule has 0 aliphatic carbocycles. The number of aryl methyl sites for hydroxylation is 1. The molecule has 0 amide bonds. The highest BCUT2D eigenvalue weighted by atomic mass is 79.9. The SMILES string of the molecule is N#CCCc1cc(F)c(Br)cc1O. The van der Waals surface area contributed by atoms with Crippen LogP contribution < -0.4 is 0 Å². The van der Waals surface area contributed by atoms with Crippen molar-refractivity contribution in [1.82, 2.24) is 0 Å². The van der Waals surface area contributed by atoms with Gasteiger partial charge in [-0.1, -0.05) is 0 Å². The van der Waals surface area contributed by atoms with E-state index in [9.17, 15) is 9.50 Å². The fourth-order valence-corrected chi connectivity index (χ4v) is 1.30. The first-order chi connectivity index (χ1) is 6.15. The van der Waals surface area contributed by atoms with E-state index in [4.69, 9.17) is 5.26 Å². The first kappa shape index (κ1) is 10.0. The van der Waals surface area contributed by atoms with Gasteiger partial charge < -0.3 is 5.11 Å². The number of rotatable bonds is 2. The van der Waals surface area contributed by atoms with Crippen LogP contribution in [0.3, 0.4) is 0 Å². The Balaban J connectivity index is 2.96. The Kier molecular flexibility index (Phi) is 3.26. The van der Waals surface area contributed by atoms with Crippen molar-refractivity contribution in [2.75, 3.05) is 0 Å². The van der Waals surface area contributed by atoms with Crippen molar-refractivity contribution in [3.63, 3.8) is 0 Å². The Bertz CT molecular complexity index is 359. The van der Waals surface area contributed by atoms with Crippen LogP contribution in [-0.2, 0) is 6.42 Å². The topological polar surface area (TPSA) is 44.0 Å².